The maximum atomic E-state index is 6.92. The van der Waals surface area contributed by atoms with Crippen molar-refractivity contribution in [3.63, 3.8) is 0 Å². The molecule has 4 nitrogen and oxygen atoms in total. The summed E-state index contributed by atoms with van der Waals surface area (Å²) < 4.78 is 9.51. The summed E-state index contributed by atoms with van der Waals surface area (Å²) in [6, 6.07) is 61.5. The molecule has 252 valence electrons. The number of hydrogen-bond acceptors (Lipinski definition) is 5. The molecular weight excluding hydrogens is 679 g/mol. The van der Waals surface area contributed by atoms with Crippen LogP contribution in [0.2, 0.25) is 0 Å². The fraction of sp³-hybridized carbons (Fsp3) is 0. The Bertz CT molecular complexity index is 3220. The van der Waals surface area contributed by atoms with Crippen LogP contribution in [0.5, 0.6) is 0 Å². The van der Waals surface area contributed by atoms with Crippen molar-refractivity contribution < 1.29 is 4.42 Å². The molecule has 0 saturated carbocycles. The number of aromatic nitrogens is 3. The van der Waals surface area contributed by atoms with E-state index in [0.29, 0.717) is 17.5 Å². The van der Waals surface area contributed by atoms with Crippen LogP contribution in [-0.4, -0.2) is 15.0 Å². The van der Waals surface area contributed by atoms with E-state index in [-0.39, 0.29) is 0 Å². The molecule has 3 aromatic heterocycles. The number of fused-ring (bicyclic) bond motifs is 8. The van der Waals surface area contributed by atoms with Crippen LogP contribution >= 0.6 is 11.3 Å². The van der Waals surface area contributed by atoms with Crippen molar-refractivity contribution in [1.29, 1.82) is 0 Å². The second-order valence-electron chi connectivity index (χ2n) is 13.6. The summed E-state index contributed by atoms with van der Waals surface area (Å²) in [7, 11) is 0. The minimum Gasteiger partial charge on any atom is -0.455 e. The predicted molar refractivity (Wildman–Crippen MR) is 225 cm³/mol. The highest BCUT2D eigenvalue weighted by molar-refractivity contribution is 7.25. The Morgan fingerprint density at radius 2 is 0.907 bits per heavy atom. The summed E-state index contributed by atoms with van der Waals surface area (Å²) in [5.41, 5.74) is 8.87. The molecule has 0 fully saturated rings. The zero-order valence-electron chi connectivity index (χ0n) is 28.9. The first-order chi connectivity index (χ1) is 26.7. The summed E-state index contributed by atoms with van der Waals surface area (Å²) in [4.78, 5) is 15.3. The maximum absolute atomic E-state index is 6.92. The van der Waals surface area contributed by atoms with Crippen molar-refractivity contribution in [2.75, 3.05) is 0 Å². The number of thiophene rings is 1. The molecule has 11 aromatic rings. The van der Waals surface area contributed by atoms with Gasteiger partial charge < -0.3 is 4.42 Å². The van der Waals surface area contributed by atoms with Crippen LogP contribution < -0.4 is 0 Å². The van der Waals surface area contributed by atoms with Crippen LogP contribution in [0.1, 0.15) is 0 Å². The molecule has 54 heavy (non-hydrogen) atoms. The number of benzene rings is 8. The minimum absolute atomic E-state index is 0.563. The highest BCUT2D eigenvalue weighted by Crippen LogP contribution is 2.44. The fourth-order valence-corrected chi connectivity index (χ4v) is 8.88. The van der Waals surface area contributed by atoms with E-state index in [0.717, 1.165) is 60.5 Å². The molecular formula is C49H29N3OS. The highest BCUT2D eigenvalue weighted by atomic mass is 32.1. The molecule has 0 N–H and O–H groups in total. The van der Waals surface area contributed by atoms with Crippen LogP contribution in [0, 0.1) is 0 Å². The molecule has 11 rings (SSSR count). The Hall–Kier alpha value is -6.95. The van der Waals surface area contributed by atoms with E-state index >= 15 is 0 Å². The van der Waals surface area contributed by atoms with Crippen molar-refractivity contribution in [2.24, 2.45) is 0 Å². The SMILES string of the molecule is c1ccc(-c2cccc(-c3nc(-c4ccccc4)nc(-c4cccc5c4oc4c6ccccc6c(-c6ccc7c(c6)sc6ccccc67)cc54)n3)c2)cc1. The van der Waals surface area contributed by atoms with Gasteiger partial charge in [0.1, 0.15) is 11.2 Å². The summed E-state index contributed by atoms with van der Waals surface area (Å²) in [6.07, 6.45) is 0. The van der Waals surface area contributed by atoms with Crippen LogP contribution in [0.4, 0.5) is 0 Å². The molecule has 0 saturated heterocycles. The van der Waals surface area contributed by atoms with Crippen molar-refractivity contribution in [2.45, 2.75) is 0 Å². The van der Waals surface area contributed by atoms with E-state index in [2.05, 4.69) is 140 Å². The van der Waals surface area contributed by atoms with E-state index in [4.69, 9.17) is 19.4 Å². The molecule has 0 radical (unpaired) electrons. The average molecular weight is 708 g/mol. The topological polar surface area (TPSA) is 51.8 Å². The van der Waals surface area contributed by atoms with Gasteiger partial charge in [0.05, 0.1) is 5.56 Å². The molecule has 5 heteroatoms. The van der Waals surface area contributed by atoms with Crippen LogP contribution in [0.25, 0.3) is 109 Å². The van der Waals surface area contributed by atoms with E-state index in [9.17, 15) is 0 Å². The second kappa shape index (κ2) is 12.3. The fourth-order valence-electron chi connectivity index (χ4n) is 7.74. The Balaban J connectivity index is 1.12. The standard InChI is InChI=1S/C49H29N3OS/c1-3-13-30(14-4-1)32-17-11-18-34(27-32)48-50-47(31-15-5-2-6-16-31)51-49(52-48)40-23-12-22-39-42-29-41(35-19-7-8-21-38(35)46(42)53-45(39)40)33-25-26-37-36-20-9-10-24-43(36)54-44(37)28-33/h1-29H. The van der Waals surface area contributed by atoms with Crippen molar-refractivity contribution in [1.82, 2.24) is 15.0 Å². The maximum Gasteiger partial charge on any atom is 0.167 e. The normalized spacial score (nSPS) is 11.7. The highest BCUT2D eigenvalue weighted by Gasteiger charge is 2.21. The quantitative estimate of drug-likeness (QED) is 0.179. The van der Waals surface area contributed by atoms with Crippen molar-refractivity contribution >= 4 is 64.2 Å². The lowest BCUT2D eigenvalue weighted by Crippen LogP contribution is -2.00. The first-order valence-corrected chi connectivity index (χ1v) is 18.8. The van der Waals surface area contributed by atoms with Gasteiger partial charge in [-0.15, -0.1) is 11.3 Å². The van der Waals surface area contributed by atoms with Gasteiger partial charge in [-0.1, -0.05) is 146 Å². The predicted octanol–water partition coefficient (Wildman–Crippen LogP) is 13.6. The average Bonchev–Trinajstić information content (AvgIpc) is 3.82. The van der Waals surface area contributed by atoms with Gasteiger partial charge in [0.25, 0.3) is 0 Å². The van der Waals surface area contributed by atoms with Gasteiger partial charge in [0.2, 0.25) is 0 Å². The third-order valence-electron chi connectivity index (χ3n) is 10.3. The summed E-state index contributed by atoms with van der Waals surface area (Å²) in [6.45, 7) is 0. The Labute approximate surface area is 314 Å². The van der Waals surface area contributed by atoms with Gasteiger partial charge in [-0.3, -0.25) is 0 Å². The Morgan fingerprint density at radius 1 is 0.315 bits per heavy atom. The summed E-state index contributed by atoms with van der Waals surface area (Å²) in [5, 5.41) is 6.90. The van der Waals surface area contributed by atoms with Crippen molar-refractivity contribution in [3.8, 4) is 56.4 Å². The molecule has 0 atom stereocenters. The van der Waals surface area contributed by atoms with Crippen LogP contribution in [0.3, 0.4) is 0 Å². The zero-order chi connectivity index (χ0) is 35.6. The van der Waals surface area contributed by atoms with Gasteiger partial charge in [-0.25, -0.2) is 15.0 Å². The molecule has 0 unspecified atom stereocenters. The molecule has 0 aliphatic heterocycles. The number of para-hydroxylation sites is 1. The molecule has 0 aliphatic carbocycles. The van der Waals surface area contributed by atoms with E-state index in [1.165, 1.54) is 31.3 Å². The largest absolute Gasteiger partial charge is 0.455 e. The minimum atomic E-state index is 0.563. The monoisotopic (exact) mass is 707 g/mol. The van der Waals surface area contributed by atoms with Gasteiger partial charge in [-0.2, -0.15) is 0 Å². The van der Waals surface area contributed by atoms with Gasteiger partial charge in [-0.05, 0) is 58.0 Å². The second-order valence-corrected chi connectivity index (χ2v) is 14.6. The van der Waals surface area contributed by atoms with Gasteiger partial charge in [0.15, 0.2) is 17.5 Å². The van der Waals surface area contributed by atoms with Crippen molar-refractivity contribution in [3.05, 3.63) is 176 Å². The summed E-state index contributed by atoms with van der Waals surface area (Å²) >= 11 is 1.84. The van der Waals surface area contributed by atoms with Crippen LogP contribution in [-0.2, 0) is 0 Å². The lowest BCUT2D eigenvalue weighted by Gasteiger charge is -2.10. The molecule has 3 heterocycles. The molecule has 8 aromatic carbocycles. The Morgan fingerprint density at radius 3 is 1.74 bits per heavy atom. The zero-order valence-corrected chi connectivity index (χ0v) is 29.7. The molecule has 0 bridgehead atoms. The number of rotatable bonds is 5. The lowest BCUT2D eigenvalue weighted by atomic mass is 9.94. The Kier molecular flexibility index (Phi) is 7.00. The van der Waals surface area contributed by atoms with E-state index in [1.807, 2.05) is 47.7 Å². The third-order valence-corrected chi connectivity index (χ3v) is 11.5. The number of hydrogen-bond donors (Lipinski definition) is 0. The van der Waals surface area contributed by atoms with E-state index in [1.54, 1.807) is 0 Å². The summed E-state index contributed by atoms with van der Waals surface area (Å²) in [5.74, 6) is 1.78. The molecule has 0 amide bonds. The first-order valence-electron chi connectivity index (χ1n) is 18.0. The third kappa shape index (κ3) is 5.01. The number of furan rings is 1. The molecule has 0 aliphatic rings. The van der Waals surface area contributed by atoms with Crippen LogP contribution in [0.15, 0.2) is 180 Å². The molecule has 0 spiro atoms. The smallest absolute Gasteiger partial charge is 0.167 e. The van der Waals surface area contributed by atoms with Gasteiger partial charge in [0, 0.05) is 47.5 Å². The number of nitrogens with zero attached hydrogens (tertiary/aromatic N) is 3. The van der Waals surface area contributed by atoms with E-state index < -0.39 is 0 Å². The first kappa shape index (κ1) is 30.7. The lowest BCUT2D eigenvalue weighted by molar-refractivity contribution is 0.673. The van der Waals surface area contributed by atoms with Gasteiger partial charge >= 0.3 is 0 Å².